The summed E-state index contributed by atoms with van der Waals surface area (Å²) < 4.78 is 0. The Hall–Kier alpha value is -2.23. The molecule has 0 aliphatic carbocycles. The number of aldehydes is 1. The highest BCUT2D eigenvalue weighted by atomic mass is 16.3. The summed E-state index contributed by atoms with van der Waals surface area (Å²) in [4.78, 5) is 10.5. The first kappa shape index (κ1) is 25.8. The van der Waals surface area contributed by atoms with Crippen molar-refractivity contribution in [1.82, 2.24) is 0 Å². The van der Waals surface area contributed by atoms with E-state index in [2.05, 4.69) is 6.08 Å². The Morgan fingerprint density at radius 1 is 0.893 bits per heavy atom. The quantitative estimate of drug-likeness (QED) is 0.212. The molecule has 0 aromatic rings. The van der Waals surface area contributed by atoms with Gasteiger partial charge in [0.15, 0.2) is 0 Å². The minimum Gasteiger partial charge on any atom is -0.387 e. The molecule has 0 unspecified atom stereocenters. The number of allylic oxidation sites excluding steroid dienone is 13. The number of hydrogen-bond donors (Lipinski definition) is 2. The highest BCUT2D eigenvalue weighted by Crippen LogP contribution is 2.19. The SMILES string of the molecule is CC(C)=CCC[C@@](C)(O)[C@@H](O)/C=C/C(C)=C/C=C/C(C)=C/C=C/C=C(\C)C=O. The molecular formula is C25H36O3. The number of hydrogen-bond acceptors (Lipinski definition) is 3. The van der Waals surface area contributed by atoms with Gasteiger partial charge in [-0.05, 0) is 60.0 Å². The summed E-state index contributed by atoms with van der Waals surface area (Å²) >= 11 is 0. The first-order valence-electron chi connectivity index (χ1n) is 9.62. The lowest BCUT2D eigenvalue weighted by Gasteiger charge is -2.26. The van der Waals surface area contributed by atoms with E-state index in [1.807, 2.05) is 70.2 Å². The van der Waals surface area contributed by atoms with E-state index in [1.54, 1.807) is 26.0 Å². The molecule has 0 aliphatic heterocycles. The molecule has 0 aromatic heterocycles. The molecule has 0 fully saturated rings. The highest BCUT2D eigenvalue weighted by molar-refractivity contribution is 5.72. The second kappa shape index (κ2) is 13.9. The summed E-state index contributed by atoms with van der Waals surface area (Å²) in [6, 6.07) is 0. The number of rotatable bonds is 11. The highest BCUT2D eigenvalue weighted by Gasteiger charge is 2.27. The maximum atomic E-state index is 10.5. The Bertz CT molecular complexity index is 691. The first-order chi connectivity index (χ1) is 13.1. The minimum absolute atomic E-state index is 0.505. The van der Waals surface area contributed by atoms with Crippen molar-refractivity contribution >= 4 is 6.29 Å². The van der Waals surface area contributed by atoms with Crippen LogP contribution >= 0.6 is 0 Å². The third kappa shape index (κ3) is 13.0. The van der Waals surface area contributed by atoms with Crippen molar-refractivity contribution < 1.29 is 15.0 Å². The fourth-order valence-corrected chi connectivity index (χ4v) is 2.17. The van der Waals surface area contributed by atoms with Crippen molar-refractivity contribution in [2.75, 3.05) is 0 Å². The van der Waals surface area contributed by atoms with Crippen LogP contribution in [0.4, 0.5) is 0 Å². The molecule has 0 saturated heterocycles. The van der Waals surface area contributed by atoms with Gasteiger partial charge in [0.25, 0.3) is 0 Å². The van der Waals surface area contributed by atoms with Crippen molar-refractivity contribution in [1.29, 1.82) is 0 Å². The third-order valence-electron chi connectivity index (χ3n) is 4.12. The maximum absolute atomic E-state index is 10.5. The molecule has 2 N–H and O–H groups in total. The molecule has 0 aromatic carbocycles. The summed E-state index contributed by atoms with van der Waals surface area (Å²) in [5.74, 6) is 0. The normalized spacial score (nSPS) is 17.4. The Morgan fingerprint density at radius 3 is 2.00 bits per heavy atom. The van der Waals surface area contributed by atoms with Gasteiger partial charge in [-0.25, -0.2) is 0 Å². The minimum atomic E-state index is -1.15. The van der Waals surface area contributed by atoms with Crippen LogP contribution in [0.25, 0.3) is 0 Å². The van der Waals surface area contributed by atoms with Crippen LogP contribution in [-0.2, 0) is 4.79 Å². The predicted molar refractivity (Wildman–Crippen MR) is 120 cm³/mol. The zero-order valence-electron chi connectivity index (χ0n) is 18.1. The molecule has 0 aliphatic rings. The van der Waals surface area contributed by atoms with Gasteiger partial charge in [0.1, 0.15) is 12.4 Å². The topological polar surface area (TPSA) is 57.5 Å². The van der Waals surface area contributed by atoms with Crippen LogP contribution in [0.1, 0.15) is 54.4 Å². The van der Waals surface area contributed by atoms with Gasteiger partial charge in [-0.15, -0.1) is 0 Å². The standard InChI is InChI=1S/C25H36O3/c1-20(2)11-10-18-25(6,28)24(27)17-16-22(4)15-9-14-21(3)12-7-8-13-23(5)19-26/h7-9,11-17,19,24,27-28H,10,18H2,1-6H3/b8-7+,14-9+,17-16+,21-12+,22-15+,23-13+/t24-,25+/m0/s1. The van der Waals surface area contributed by atoms with E-state index in [1.165, 1.54) is 5.57 Å². The van der Waals surface area contributed by atoms with Crippen LogP contribution in [0, 0.1) is 0 Å². The van der Waals surface area contributed by atoms with Crippen molar-refractivity contribution in [3.8, 4) is 0 Å². The van der Waals surface area contributed by atoms with E-state index in [-0.39, 0.29) is 0 Å². The van der Waals surface area contributed by atoms with Crippen molar-refractivity contribution in [3.05, 3.63) is 83.1 Å². The molecular weight excluding hydrogens is 348 g/mol. The van der Waals surface area contributed by atoms with E-state index in [9.17, 15) is 15.0 Å². The fourth-order valence-electron chi connectivity index (χ4n) is 2.17. The fraction of sp³-hybridized carbons (Fsp3) is 0.400. The van der Waals surface area contributed by atoms with Crippen LogP contribution in [0.15, 0.2) is 83.1 Å². The molecule has 154 valence electrons. The molecule has 0 heterocycles. The number of aliphatic hydroxyl groups is 2. The average Bonchev–Trinajstić information content (AvgIpc) is 2.62. The molecule has 28 heavy (non-hydrogen) atoms. The lowest BCUT2D eigenvalue weighted by Crippen LogP contribution is -2.37. The van der Waals surface area contributed by atoms with E-state index in [0.29, 0.717) is 12.0 Å². The van der Waals surface area contributed by atoms with Crippen LogP contribution in [0.3, 0.4) is 0 Å². The summed E-state index contributed by atoms with van der Waals surface area (Å²) in [6.07, 6.45) is 19.9. The molecule has 0 bridgehead atoms. The van der Waals surface area contributed by atoms with Crippen molar-refractivity contribution in [2.24, 2.45) is 0 Å². The smallest absolute Gasteiger partial charge is 0.145 e. The van der Waals surface area contributed by atoms with Gasteiger partial charge in [-0.2, -0.15) is 0 Å². The second-order valence-corrected chi connectivity index (χ2v) is 7.58. The molecule has 3 nitrogen and oxygen atoms in total. The first-order valence-corrected chi connectivity index (χ1v) is 9.62. The van der Waals surface area contributed by atoms with Crippen LogP contribution < -0.4 is 0 Å². The van der Waals surface area contributed by atoms with Gasteiger partial charge < -0.3 is 10.2 Å². The van der Waals surface area contributed by atoms with E-state index in [0.717, 1.165) is 23.9 Å². The molecule has 0 saturated carbocycles. The Kier molecular flexibility index (Phi) is 12.8. The monoisotopic (exact) mass is 384 g/mol. The number of carbonyl (C=O) groups is 1. The Balaban J connectivity index is 4.72. The Morgan fingerprint density at radius 2 is 1.43 bits per heavy atom. The summed E-state index contributed by atoms with van der Waals surface area (Å²) in [7, 11) is 0. The van der Waals surface area contributed by atoms with Crippen molar-refractivity contribution in [3.63, 3.8) is 0 Å². The predicted octanol–water partition coefficient (Wildman–Crippen LogP) is 5.55. The second-order valence-electron chi connectivity index (χ2n) is 7.58. The molecule has 3 heteroatoms. The summed E-state index contributed by atoms with van der Waals surface area (Å²) in [5.41, 5.74) is 2.79. The molecule has 0 spiro atoms. The number of carbonyl (C=O) groups excluding carboxylic acids is 1. The van der Waals surface area contributed by atoms with Crippen LogP contribution in [0.5, 0.6) is 0 Å². The summed E-state index contributed by atoms with van der Waals surface area (Å²) in [5, 5.41) is 20.6. The molecule has 0 rings (SSSR count). The van der Waals surface area contributed by atoms with Gasteiger partial charge in [0.05, 0.1) is 5.60 Å². The Labute approximate surface area is 170 Å². The van der Waals surface area contributed by atoms with Gasteiger partial charge >= 0.3 is 0 Å². The zero-order valence-corrected chi connectivity index (χ0v) is 18.1. The van der Waals surface area contributed by atoms with E-state index in [4.69, 9.17) is 0 Å². The van der Waals surface area contributed by atoms with Gasteiger partial charge in [-0.1, -0.05) is 77.5 Å². The van der Waals surface area contributed by atoms with Gasteiger partial charge in [0.2, 0.25) is 0 Å². The molecule has 2 atom stereocenters. The lowest BCUT2D eigenvalue weighted by molar-refractivity contribution is -0.104. The number of aliphatic hydroxyl groups excluding tert-OH is 1. The van der Waals surface area contributed by atoms with Crippen LogP contribution in [-0.4, -0.2) is 28.2 Å². The largest absolute Gasteiger partial charge is 0.387 e. The van der Waals surface area contributed by atoms with Crippen LogP contribution in [0.2, 0.25) is 0 Å². The lowest BCUT2D eigenvalue weighted by atomic mass is 9.92. The van der Waals surface area contributed by atoms with Crippen molar-refractivity contribution in [2.45, 2.75) is 66.1 Å². The van der Waals surface area contributed by atoms with Gasteiger partial charge in [0, 0.05) is 0 Å². The third-order valence-corrected chi connectivity index (χ3v) is 4.12. The van der Waals surface area contributed by atoms with E-state index < -0.39 is 11.7 Å². The molecule has 0 amide bonds. The maximum Gasteiger partial charge on any atom is 0.145 e. The average molecular weight is 385 g/mol. The van der Waals surface area contributed by atoms with Gasteiger partial charge in [-0.3, -0.25) is 4.79 Å². The summed E-state index contributed by atoms with van der Waals surface area (Å²) in [6.45, 7) is 11.4. The molecule has 0 radical (unpaired) electrons. The zero-order chi connectivity index (χ0) is 21.6. The van der Waals surface area contributed by atoms with E-state index >= 15 is 0 Å².